The average molecular weight is 480 g/mol. The second kappa shape index (κ2) is 8.70. The number of anilines is 1. The van der Waals surface area contributed by atoms with Crippen molar-refractivity contribution in [1.29, 1.82) is 0 Å². The topological polar surface area (TPSA) is 77.6 Å². The molecule has 1 aromatic rings. The SMILES string of the molecule is C[C@H](C(=O)NC(=O)NC12CC3CC(CC(C3)C1)C2)N1CCN(c2ccc(C(F)(F)F)cn2)CC1. The molecule has 186 valence electrons. The van der Waals surface area contributed by atoms with E-state index in [9.17, 15) is 22.8 Å². The molecule has 1 saturated heterocycles. The molecule has 1 aromatic heterocycles. The van der Waals surface area contributed by atoms with Crippen molar-refractivity contribution in [3.8, 4) is 0 Å². The van der Waals surface area contributed by atoms with Crippen LogP contribution in [0, 0.1) is 17.8 Å². The number of imide groups is 1. The van der Waals surface area contributed by atoms with Crippen molar-refractivity contribution in [2.45, 2.75) is 63.2 Å². The molecule has 4 aliphatic carbocycles. The number of hydrogen-bond acceptors (Lipinski definition) is 5. The van der Waals surface area contributed by atoms with E-state index in [0.717, 1.165) is 31.5 Å². The molecule has 7 nitrogen and oxygen atoms in total. The smallest absolute Gasteiger partial charge is 0.354 e. The lowest BCUT2D eigenvalue weighted by molar-refractivity contribution is -0.137. The van der Waals surface area contributed by atoms with E-state index < -0.39 is 23.8 Å². The Morgan fingerprint density at radius 3 is 2.12 bits per heavy atom. The van der Waals surface area contributed by atoms with Crippen LogP contribution in [0.5, 0.6) is 0 Å². The average Bonchev–Trinajstić information content (AvgIpc) is 2.77. The molecule has 3 amide bonds. The Bertz CT molecular complexity index is 892. The van der Waals surface area contributed by atoms with Gasteiger partial charge in [0.2, 0.25) is 5.91 Å². The minimum absolute atomic E-state index is 0.150. The number of hydrogen-bond donors (Lipinski definition) is 2. The molecule has 5 fully saturated rings. The minimum Gasteiger partial charge on any atom is -0.354 e. The highest BCUT2D eigenvalue weighted by atomic mass is 19.4. The van der Waals surface area contributed by atoms with Gasteiger partial charge in [-0.3, -0.25) is 15.0 Å². The minimum atomic E-state index is -4.41. The summed E-state index contributed by atoms with van der Waals surface area (Å²) >= 11 is 0. The van der Waals surface area contributed by atoms with Crippen LogP contribution in [-0.2, 0) is 11.0 Å². The Balaban J connectivity index is 1.10. The van der Waals surface area contributed by atoms with E-state index in [0.29, 0.717) is 49.8 Å². The molecule has 6 rings (SSSR count). The quantitative estimate of drug-likeness (QED) is 0.692. The number of nitrogens with one attached hydrogen (secondary N) is 2. The van der Waals surface area contributed by atoms with Crippen LogP contribution in [0.2, 0.25) is 0 Å². The molecule has 0 spiro atoms. The van der Waals surface area contributed by atoms with Crippen LogP contribution in [0.1, 0.15) is 51.0 Å². The number of nitrogens with zero attached hydrogens (tertiary/aromatic N) is 3. The molecule has 2 heterocycles. The van der Waals surface area contributed by atoms with Gasteiger partial charge in [0, 0.05) is 37.9 Å². The fourth-order valence-electron chi connectivity index (χ4n) is 7.00. The zero-order chi connectivity index (χ0) is 24.1. The molecule has 1 aliphatic heterocycles. The molecular formula is C24H32F3N5O2. The molecule has 0 aromatic carbocycles. The van der Waals surface area contributed by atoms with Crippen molar-refractivity contribution in [3.63, 3.8) is 0 Å². The number of amides is 3. The third-order valence-corrected chi connectivity index (χ3v) is 8.29. The van der Waals surface area contributed by atoms with Gasteiger partial charge < -0.3 is 10.2 Å². The molecule has 34 heavy (non-hydrogen) atoms. The lowest BCUT2D eigenvalue weighted by Gasteiger charge is -2.56. The second-order valence-electron chi connectivity index (χ2n) is 10.7. The highest BCUT2D eigenvalue weighted by Crippen LogP contribution is 2.55. The highest BCUT2D eigenvalue weighted by molar-refractivity contribution is 5.97. The van der Waals surface area contributed by atoms with Crippen LogP contribution >= 0.6 is 0 Å². The normalized spacial score (nSPS) is 31.9. The van der Waals surface area contributed by atoms with E-state index in [1.165, 1.54) is 25.3 Å². The van der Waals surface area contributed by atoms with Crippen LogP contribution in [0.15, 0.2) is 18.3 Å². The van der Waals surface area contributed by atoms with E-state index in [2.05, 4.69) is 15.6 Å². The van der Waals surface area contributed by atoms with Crippen molar-refractivity contribution >= 4 is 17.8 Å². The second-order valence-corrected chi connectivity index (χ2v) is 10.7. The van der Waals surface area contributed by atoms with Gasteiger partial charge >= 0.3 is 12.2 Å². The molecular weight excluding hydrogens is 447 g/mol. The van der Waals surface area contributed by atoms with Crippen LogP contribution in [0.25, 0.3) is 0 Å². The largest absolute Gasteiger partial charge is 0.417 e. The number of urea groups is 1. The number of pyridine rings is 1. The molecule has 1 atom stereocenters. The van der Waals surface area contributed by atoms with Gasteiger partial charge in [-0.2, -0.15) is 13.2 Å². The summed E-state index contributed by atoms with van der Waals surface area (Å²) in [6, 6.07) is 1.53. The Morgan fingerprint density at radius 1 is 1.03 bits per heavy atom. The molecule has 10 heteroatoms. The standard InChI is InChI=1S/C24H32F3N5O2/c1-15(31-4-6-32(7-5-31)20-3-2-19(14-28-20)24(25,26)27)21(33)29-22(34)30-23-11-16-8-17(12-23)10-18(9-16)13-23/h2-3,14-18H,4-13H2,1H3,(H2,29,30,33,34)/t15-,16?,17?,18?,23?/m1/s1. The lowest BCUT2D eigenvalue weighted by Crippen LogP contribution is -2.63. The summed E-state index contributed by atoms with van der Waals surface area (Å²) in [4.78, 5) is 33.3. The van der Waals surface area contributed by atoms with Crippen molar-refractivity contribution in [2.24, 2.45) is 17.8 Å². The van der Waals surface area contributed by atoms with Crippen LogP contribution in [0.4, 0.5) is 23.8 Å². The molecule has 4 saturated carbocycles. The fourth-order valence-corrected chi connectivity index (χ4v) is 7.00. The predicted molar refractivity (Wildman–Crippen MR) is 120 cm³/mol. The molecule has 0 unspecified atom stereocenters. The first kappa shape index (κ1) is 23.4. The number of carbonyl (C=O) groups excluding carboxylic acids is 2. The highest BCUT2D eigenvalue weighted by Gasteiger charge is 2.51. The number of rotatable bonds is 4. The van der Waals surface area contributed by atoms with E-state index in [1.807, 2.05) is 9.80 Å². The predicted octanol–water partition coefficient (Wildman–Crippen LogP) is 3.41. The molecule has 5 aliphatic rings. The third-order valence-electron chi connectivity index (χ3n) is 8.29. The van der Waals surface area contributed by atoms with Gasteiger partial charge in [0.25, 0.3) is 0 Å². The molecule has 4 bridgehead atoms. The van der Waals surface area contributed by atoms with Gasteiger partial charge in [-0.1, -0.05) is 0 Å². The zero-order valence-corrected chi connectivity index (χ0v) is 19.4. The summed E-state index contributed by atoms with van der Waals surface area (Å²) in [6.07, 6.45) is 3.36. The summed E-state index contributed by atoms with van der Waals surface area (Å²) in [7, 11) is 0. The molecule has 2 N–H and O–H groups in total. The van der Waals surface area contributed by atoms with E-state index >= 15 is 0 Å². The van der Waals surface area contributed by atoms with Gasteiger partial charge in [0.05, 0.1) is 11.6 Å². The first-order valence-corrected chi connectivity index (χ1v) is 12.3. The van der Waals surface area contributed by atoms with Gasteiger partial charge in [-0.05, 0) is 75.3 Å². The maximum Gasteiger partial charge on any atom is 0.417 e. The lowest BCUT2D eigenvalue weighted by atomic mass is 9.53. The summed E-state index contributed by atoms with van der Waals surface area (Å²) in [5.41, 5.74) is -0.921. The van der Waals surface area contributed by atoms with Crippen molar-refractivity contribution in [2.75, 3.05) is 31.1 Å². The van der Waals surface area contributed by atoms with Gasteiger partial charge in [-0.25, -0.2) is 9.78 Å². The monoisotopic (exact) mass is 479 g/mol. The molecule has 0 radical (unpaired) electrons. The van der Waals surface area contributed by atoms with Crippen LogP contribution in [0.3, 0.4) is 0 Å². The Labute approximate surface area is 197 Å². The van der Waals surface area contributed by atoms with E-state index in [-0.39, 0.29) is 11.4 Å². The van der Waals surface area contributed by atoms with Crippen molar-refractivity contribution < 1.29 is 22.8 Å². The van der Waals surface area contributed by atoms with Crippen molar-refractivity contribution in [3.05, 3.63) is 23.9 Å². The van der Waals surface area contributed by atoms with Gasteiger partial charge in [-0.15, -0.1) is 0 Å². The van der Waals surface area contributed by atoms with Gasteiger partial charge in [0.15, 0.2) is 0 Å². The Morgan fingerprint density at radius 2 is 1.62 bits per heavy atom. The van der Waals surface area contributed by atoms with E-state index in [4.69, 9.17) is 0 Å². The van der Waals surface area contributed by atoms with Crippen LogP contribution < -0.4 is 15.5 Å². The number of piperazine rings is 1. The van der Waals surface area contributed by atoms with Crippen LogP contribution in [-0.4, -0.2) is 59.6 Å². The number of halogens is 3. The van der Waals surface area contributed by atoms with Gasteiger partial charge in [0.1, 0.15) is 5.82 Å². The first-order chi connectivity index (χ1) is 16.1. The maximum atomic E-state index is 12.8. The Kier molecular flexibility index (Phi) is 5.98. The maximum absolute atomic E-state index is 12.8. The first-order valence-electron chi connectivity index (χ1n) is 12.3. The number of alkyl halides is 3. The zero-order valence-electron chi connectivity index (χ0n) is 19.4. The summed E-state index contributed by atoms with van der Waals surface area (Å²) in [5, 5.41) is 5.72. The number of aromatic nitrogens is 1. The number of carbonyl (C=O) groups is 2. The van der Waals surface area contributed by atoms with E-state index in [1.54, 1.807) is 6.92 Å². The summed E-state index contributed by atoms with van der Waals surface area (Å²) in [6.45, 7) is 3.95. The van der Waals surface area contributed by atoms with Crippen molar-refractivity contribution in [1.82, 2.24) is 20.5 Å². The summed E-state index contributed by atoms with van der Waals surface area (Å²) < 4.78 is 38.3. The third kappa shape index (κ3) is 4.74. The summed E-state index contributed by atoms with van der Waals surface area (Å²) in [5.74, 6) is 2.27. The Hall–Kier alpha value is -2.36. The fraction of sp³-hybridized carbons (Fsp3) is 0.708.